The van der Waals surface area contributed by atoms with E-state index >= 15 is 0 Å². The highest BCUT2D eigenvalue weighted by Gasteiger charge is 2.10. The fraction of sp³-hybridized carbons (Fsp3) is 0.0909. The van der Waals surface area contributed by atoms with Gasteiger partial charge >= 0.3 is 5.97 Å². The Hall–Kier alpha value is -2.17. The van der Waals surface area contributed by atoms with E-state index in [1.165, 1.54) is 29.1 Å². The summed E-state index contributed by atoms with van der Waals surface area (Å²) in [6, 6.07) is 7.39. The molecule has 0 saturated heterocycles. The molecule has 0 atom stereocenters. The first-order valence-corrected chi connectivity index (χ1v) is 4.66. The van der Waals surface area contributed by atoms with Crippen LogP contribution in [-0.2, 0) is 6.54 Å². The third-order valence-corrected chi connectivity index (χ3v) is 2.16. The molecule has 2 rings (SSSR count). The summed E-state index contributed by atoms with van der Waals surface area (Å²) in [5, 5.41) is 12.7. The Kier molecular flexibility index (Phi) is 2.68. The van der Waals surface area contributed by atoms with E-state index in [-0.39, 0.29) is 18.1 Å². The van der Waals surface area contributed by atoms with E-state index in [1.807, 2.05) is 0 Å². The van der Waals surface area contributed by atoms with E-state index in [9.17, 15) is 9.18 Å². The van der Waals surface area contributed by atoms with Crippen LogP contribution < -0.4 is 0 Å². The number of aromatic carboxylic acids is 1. The molecule has 2 aromatic rings. The first-order chi connectivity index (χ1) is 7.66. The maximum atomic E-state index is 12.9. The third kappa shape index (κ3) is 2.08. The van der Waals surface area contributed by atoms with Crippen LogP contribution in [-0.4, -0.2) is 20.9 Å². The predicted molar refractivity (Wildman–Crippen MR) is 54.7 cm³/mol. The molecule has 1 aromatic heterocycles. The van der Waals surface area contributed by atoms with Crippen LogP contribution in [0.25, 0.3) is 0 Å². The van der Waals surface area contributed by atoms with Gasteiger partial charge in [0.05, 0.1) is 6.54 Å². The highest BCUT2D eigenvalue weighted by atomic mass is 19.1. The van der Waals surface area contributed by atoms with E-state index in [2.05, 4.69) is 5.10 Å². The van der Waals surface area contributed by atoms with Crippen molar-refractivity contribution < 1.29 is 14.3 Å². The Morgan fingerprint density at radius 3 is 2.94 bits per heavy atom. The van der Waals surface area contributed by atoms with Crippen molar-refractivity contribution >= 4 is 5.97 Å². The van der Waals surface area contributed by atoms with Gasteiger partial charge in [-0.15, -0.1) is 0 Å². The van der Waals surface area contributed by atoms with Crippen LogP contribution in [0.3, 0.4) is 0 Å². The van der Waals surface area contributed by atoms with E-state index in [1.54, 1.807) is 12.1 Å². The number of halogens is 1. The van der Waals surface area contributed by atoms with Crippen molar-refractivity contribution in [2.24, 2.45) is 0 Å². The number of hydrogen-bond donors (Lipinski definition) is 1. The highest BCUT2D eigenvalue weighted by Crippen LogP contribution is 2.07. The molecule has 0 fully saturated rings. The summed E-state index contributed by atoms with van der Waals surface area (Å²) in [4.78, 5) is 10.8. The zero-order valence-electron chi connectivity index (χ0n) is 8.30. The fourth-order valence-corrected chi connectivity index (χ4v) is 1.45. The van der Waals surface area contributed by atoms with Gasteiger partial charge in [0.15, 0.2) is 0 Å². The summed E-state index contributed by atoms with van der Waals surface area (Å²) in [7, 11) is 0. The van der Waals surface area contributed by atoms with Gasteiger partial charge in [0.2, 0.25) is 0 Å². The van der Waals surface area contributed by atoms with Gasteiger partial charge in [-0.3, -0.25) is 4.68 Å². The molecular weight excluding hydrogens is 211 g/mol. The molecule has 0 radical (unpaired) electrons. The van der Waals surface area contributed by atoms with Crippen molar-refractivity contribution in [3.8, 4) is 0 Å². The smallest absolute Gasteiger partial charge is 0.354 e. The molecular formula is C11H9FN2O2. The maximum Gasteiger partial charge on any atom is 0.354 e. The molecule has 1 heterocycles. The molecule has 1 N–H and O–H groups in total. The summed E-state index contributed by atoms with van der Waals surface area (Å²) in [5.41, 5.74) is 0.760. The molecule has 0 aliphatic heterocycles. The number of hydrogen-bond acceptors (Lipinski definition) is 2. The van der Waals surface area contributed by atoms with Crippen LogP contribution in [0, 0.1) is 5.82 Å². The van der Waals surface area contributed by atoms with E-state index in [0.29, 0.717) is 5.56 Å². The molecule has 1 aromatic carbocycles. The standard InChI is InChI=1S/C11H9FN2O2/c12-9-3-1-2-8(6-9)7-14-10(11(15)16)4-5-13-14/h1-6H,7H2,(H,15,16). The Labute approximate surface area is 90.9 Å². The summed E-state index contributed by atoms with van der Waals surface area (Å²) >= 11 is 0. The zero-order valence-corrected chi connectivity index (χ0v) is 8.30. The molecule has 0 spiro atoms. The SMILES string of the molecule is O=C(O)c1ccnn1Cc1cccc(F)c1. The van der Waals surface area contributed by atoms with Gasteiger partial charge in [-0.1, -0.05) is 12.1 Å². The van der Waals surface area contributed by atoms with Gasteiger partial charge in [0, 0.05) is 6.20 Å². The van der Waals surface area contributed by atoms with Gasteiger partial charge in [-0.25, -0.2) is 9.18 Å². The lowest BCUT2D eigenvalue weighted by atomic mass is 10.2. The maximum absolute atomic E-state index is 12.9. The quantitative estimate of drug-likeness (QED) is 0.857. The minimum Gasteiger partial charge on any atom is -0.477 e. The van der Waals surface area contributed by atoms with Crippen LogP contribution >= 0.6 is 0 Å². The summed E-state index contributed by atoms with van der Waals surface area (Å²) in [6.07, 6.45) is 1.41. The Morgan fingerprint density at radius 1 is 1.44 bits per heavy atom. The predicted octanol–water partition coefficient (Wildman–Crippen LogP) is 1.77. The topological polar surface area (TPSA) is 55.1 Å². The van der Waals surface area contributed by atoms with Crippen molar-refractivity contribution in [1.29, 1.82) is 0 Å². The Balaban J connectivity index is 2.27. The molecule has 16 heavy (non-hydrogen) atoms. The van der Waals surface area contributed by atoms with Gasteiger partial charge in [0.25, 0.3) is 0 Å². The number of nitrogens with zero attached hydrogens (tertiary/aromatic N) is 2. The van der Waals surface area contributed by atoms with E-state index in [0.717, 1.165) is 0 Å². The average molecular weight is 220 g/mol. The highest BCUT2D eigenvalue weighted by molar-refractivity contribution is 5.85. The minimum atomic E-state index is -1.05. The van der Waals surface area contributed by atoms with Crippen LogP contribution in [0.2, 0.25) is 0 Å². The van der Waals surface area contributed by atoms with Crippen LogP contribution in [0.1, 0.15) is 16.1 Å². The van der Waals surface area contributed by atoms with Crippen molar-refractivity contribution in [2.75, 3.05) is 0 Å². The van der Waals surface area contributed by atoms with Gasteiger partial charge < -0.3 is 5.11 Å². The average Bonchev–Trinajstić information content (AvgIpc) is 2.66. The van der Waals surface area contributed by atoms with Crippen LogP contribution in [0.5, 0.6) is 0 Å². The second kappa shape index (κ2) is 4.14. The minimum absolute atomic E-state index is 0.0873. The van der Waals surface area contributed by atoms with Crippen molar-refractivity contribution in [3.63, 3.8) is 0 Å². The second-order valence-corrected chi connectivity index (χ2v) is 3.31. The first kappa shape index (κ1) is 10.4. The fourth-order valence-electron chi connectivity index (χ4n) is 1.45. The lowest BCUT2D eigenvalue weighted by Crippen LogP contribution is -2.10. The molecule has 82 valence electrons. The zero-order chi connectivity index (χ0) is 11.5. The van der Waals surface area contributed by atoms with Gasteiger partial charge in [0.1, 0.15) is 11.5 Å². The molecule has 0 saturated carbocycles. The number of benzene rings is 1. The number of rotatable bonds is 3. The monoisotopic (exact) mass is 220 g/mol. The molecule has 0 aliphatic rings. The molecule has 0 unspecified atom stereocenters. The van der Waals surface area contributed by atoms with Crippen molar-refractivity contribution in [2.45, 2.75) is 6.54 Å². The second-order valence-electron chi connectivity index (χ2n) is 3.31. The number of carbonyl (C=O) groups is 1. The Bertz CT molecular complexity index is 522. The van der Waals surface area contributed by atoms with Gasteiger partial charge in [-0.05, 0) is 23.8 Å². The summed E-state index contributed by atoms with van der Waals surface area (Å²) in [5.74, 6) is -1.39. The molecule has 0 bridgehead atoms. The van der Waals surface area contributed by atoms with Crippen molar-refractivity contribution in [1.82, 2.24) is 9.78 Å². The summed E-state index contributed by atoms with van der Waals surface area (Å²) in [6.45, 7) is 0.242. The first-order valence-electron chi connectivity index (χ1n) is 4.66. The largest absolute Gasteiger partial charge is 0.477 e. The normalized spacial score (nSPS) is 10.3. The molecule has 0 aliphatic carbocycles. The lowest BCUT2D eigenvalue weighted by Gasteiger charge is -2.04. The lowest BCUT2D eigenvalue weighted by molar-refractivity contribution is 0.0684. The number of aromatic nitrogens is 2. The molecule has 0 amide bonds. The Morgan fingerprint density at radius 2 is 2.25 bits per heavy atom. The number of carboxylic acid groups (broad SMARTS) is 1. The molecule has 4 nitrogen and oxygen atoms in total. The van der Waals surface area contributed by atoms with E-state index < -0.39 is 5.97 Å². The van der Waals surface area contributed by atoms with Crippen LogP contribution in [0.4, 0.5) is 4.39 Å². The summed E-state index contributed by atoms with van der Waals surface area (Å²) < 4.78 is 14.2. The van der Waals surface area contributed by atoms with Crippen LogP contribution in [0.15, 0.2) is 36.5 Å². The van der Waals surface area contributed by atoms with E-state index in [4.69, 9.17) is 5.11 Å². The number of carboxylic acids is 1. The molecule has 5 heteroatoms. The van der Waals surface area contributed by atoms with Gasteiger partial charge in [-0.2, -0.15) is 5.10 Å². The third-order valence-electron chi connectivity index (χ3n) is 2.16. The van der Waals surface area contributed by atoms with Crippen molar-refractivity contribution in [3.05, 3.63) is 53.6 Å².